The van der Waals surface area contributed by atoms with E-state index >= 15 is 0 Å². The summed E-state index contributed by atoms with van der Waals surface area (Å²) in [5, 5.41) is 20.8. The van der Waals surface area contributed by atoms with Crippen molar-refractivity contribution in [3.05, 3.63) is 35.7 Å². The molecule has 2 saturated heterocycles. The first-order valence-corrected chi connectivity index (χ1v) is 10.3. The molecule has 2 atom stereocenters. The first kappa shape index (κ1) is 18.9. The smallest absolute Gasteiger partial charge is 0.103 e. The molecular formula is C20H25ClN6O2. The molecule has 154 valence electrons. The van der Waals surface area contributed by atoms with Gasteiger partial charge in [-0.15, -0.1) is 0 Å². The van der Waals surface area contributed by atoms with Crippen LogP contribution >= 0.6 is 11.6 Å². The van der Waals surface area contributed by atoms with Crippen molar-refractivity contribution >= 4 is 28.2 Å². The summed E-state index contributed by atoms with van der Waals surface area (Å²) in [6.07, 6.45) is 5.13. The molecule has 0 amide bonds. The summed E-state index contributed by atoms with van der Waals surface area (Å²) in [5.41, 5.74) is 2.63. The van der Waals surface area contributed by atoms with E-state index in [-0.39, 0.29) is 5.54 Å². The number of aliphatic hydroxyl groups excluding tert-OH is 1. The maximum Gasteiger partial charge on any atom is 0.103 e. The molecule has 0 unspecified atom stereocenters. The zero-order valence-corrected chi connectivity index (χ0v) is 17.4. The van der Waals surface area contributed by atoms with Gasteiger partial charge in [-0.05, 0) is 19.1 Å². The number of piperazine rings is 1. The second kappa shape index (κ2) is 6.98. The molecule has 5 rings (SSSR count). The molecule has 2 aliphatic rings. The standard InChI is InChI=1S/C20H25ClN6O2/c1-20(13-29-12-19(20)28)26-5-3-25(4-6-26)18-8-17-14(7-16(18)21)9-23-27(17)15-10-22-24(2)11-15/h7-11,19,28H,3-6,12-13H2,1-2H3/t19-,20+/m0/s1. The number of aliphatic hydroxyl groups is 1. The minimum absolute atomic E-state index is 0.307. The van der Waals surface area contributed by atoms with E-state index < -0.39 is 6.10 Å². The Morgan fingerprint density at radius 1 is 1.17 bits per heavy atom. The Hall–Kier alpha value is -2.13. The van der Waals surface area contributed by atoms with Crippen LogP contribution in [0.25, 0.3) is 16.6 Å². The number of fused-ring (bicyclic) bond motifs is 1. The number of aromatic nitrogens is 4. The van der Waals surface area contributed by atoms with Gasteiger partial charge in [-0.3, -0.25) is 9.58 Å². The Kier molecular flexibility index (Phi) is 4.54. The van der Waals surface area contributed by atoms with Gasteiger partial charge in [0.2, 0.25) is 0 Å². The summed E-state index contributed by atoms with van der Waals surface area (Å²) in [6.45, 7) is 6.47. The lowest BCUT2D eigenvalue weighted by molar-refractivity contribution is 0.00884. The van der Waals surface area contributed by atoms with Gasteiger partial charge in [0.25, 0.3) is 0 Å². The summed E-state index contributed by atoms with van der Waals surface area (Å²) in [5.74, 6) is 0. The second-order valence-corrected chi connectivity index (χ2v) is 8.56. The van der Waals surface area contributed by atoms with Crippen LogP contribution in [0, 0.1) is 0 Å². The number of halogens is 1. The molecule has 1 aromatic carbocycles. The Morgan fingerprint density at radius 2 is 1.97 bits per heavy atom. The van der Waals surface area contributed by atoms with E-state index in [1.54, 1.807) is 10.9 Å². The fourth-order valence-electron chi connectivity index (χ4n) is 4.41. The van der Waals surface area contributed by atoms with Gasteiger partial charge in [0.1, 0.15) is 5.69 Å². The summed E-state index contributed by atoms with van der Waals surface area (Å²) < 4.78 is 9.17. The van der Waals surface area contributed by atoms with Gasteiger partial charge in [-0.25, -0.2) is 4.68 Å². The summed E-state index contributed by atoms with van der Waals surface area (Å²) >= 11 is 6.64. The molecule has 1 N–H and O–H groups in total. The van der Waals surface area contributed by atoms with Crippen molar-refractivity contribution in [3.8, 4) is 5.69 Å². The van der Waals surface area contributed by atoms with Gasteiger partial charge in [0, 0.05) is 38.6 Å². The van der Waals surface area contributed by atoms with Crippen LogP contribution in [0.15, 0.2) is 30.7 Å². The minimum Gasteiger partial charge on any atom is -0.389 e. The fourth-order valence-corrected chi connectivity index (χ4v) is 4.71. The highest BCUT2D eigenvalue weighted by molar-refractivity contribution is 6.34. The van der Waals surface area contributed by atoms with Crippen LogP contribution in [0.1, 0.15) is 6.92 Å². The fraction of sp³-hybridized carbons (Fsp3) is 0.500. The highest BCUT2D eigenvalue weighted by Gasteiger charge is 2.44. The lowest BCUT2D eigenvalue weighted by atomic mass is 9.95. The SMILES string of the molecule is Cn1cc(-n2ncc3cc(Cl)c(N4CCN([C@]5(C)COC[C@@H]5O)CC4)cc32)cn1. The molecule has 0 bridgehead atoms. The first-order valence-electron chi connectivity index (χ1n) is 9.88. The third kappa shape index (κ3) is 3.11. The first-order chi connectivity index (χ1) is 14.0. The average Bonchev–Trinajstić information content (AvgIpc) is 3.41. The average molecular weight is 417 g/mol. The van der Waals surface area contributed by atoms with Crippen molar-refractivity contribution in [2.75, 3.05) is 44.3 Å². The molecule has 4 heterocycles. The highest BCUT2D eigenvalue weighted by atomic mass is 35.5. The van der Waals surface area contributed by atoms with Crippen molar-refractivity contribution in [3.63, 3.8) is 0 Å². The topological polar surface area (TPSA) is 71.6 Å². The van der Waals surface area contributed by atoms with E-state index in [9.17, 15) is 5.11 Å². The van der Waals surface area contributed by atoms with Crippen LogP contribution in [-0.2, 0) is 11.8 Å². The number of ether oxygens (including phenoxy) is 1. The van der Waals surface area contributed by atoms with Crippen LogP contribution in [-0.4, -0.2) is 80.6 Å². The Labute approximate surface area is 174 Å². The lowest BCUT2D eigenvalue weighted by Gasteiger charge is -2.45. The van der Waals surface area contributed by atoms with Gasteiger partial charge in [0.05, 0.1) is 59.7 Å². The van der Waals surface area contributed by atoms with Crippen molar-refractivity contribution in [1.29, 1.82) is 0 Å². The Morgan fingerprint density at radius 3 is 2.62 bits per heavy atom. The molecule has 2 fully saturated rings. The summed E-state index contributed by atoms with van der Waals surface area (Å²) in [7, 11) is 1.89. The van der Waals surface area contributed by atoms with E-state index in [1.165, 1.54) is 0 Å². The monoisotopic (exact) mass is 416 g/mol. The van der Waals surface area contributed by atoms with Crippen LogP contribution in [0.3, 0.4) is 0 Å². The van der Waals surface area contributed by atoms with Crippen molar-refractivity contribution in [1.82, 2.24) is 24.5 Å². The molecule has 8 nitrogen and oxygen atoms in total. The maximum atomic E-state index is 10.3. The second-order valence-electron chi connectivity index (χ2n) is 8.15. The normalized spacial score (nSPS) is 25.9. The van der Waals surface area contributed by atoms with E-state index in [4.69, 9.17) is 16.3 Å². The molecule has 0 radical (unpaired) electrons. The third-order valence-electron chi connectivity index (χ3n) is 6.30. The van der Waals surface area contributed by atoms with E-state index in [2.05, 4.69) is 33.0 Å². The van der Waals surface area contributed by atoms with Gasteiger partial charge in [-0.1, -0.05) is 11.6 Å². The highest BCUT2D eigenvalue weighted by Crippen LogP contribution is 2.34. The van der Waals surface area contributed by atoms with Crippen molar-refractivity contribution in [2.45, 2.75) is 18.6 Å². The largest absolute Gasteiger partial charge is 0.389 e. The summed E-state index contributed by atoms with van der Waals surface area (Å²) in [4.78, 5) is 4.65. The number of aryl methyl sites for hydroxylation is 1. The Balaban J connectivity index is 1.41. The van der Waals surface area contributed by atoms with Crippen molar-refractivity contribution < 1.29 is 9.84 Å². The molecule has 9 heteroatoms. The maximum absolute atomic E-state index is 10.3. The molecule has 0 saturated carbocycles. The number of rotatable bonds is 3. The molecule has 0 aliphatic carbocycles. The predicted molar refractivity (Wildman–Crippen MR) is 112 cm³/mol. The molecular weight excluding hydrogens is 392 g/mol. The number of hydrogen-bond donors (Lipinski definition) is 1. The van der Waals surface area contributed by atoms with Gasteiger partial charge in [0.15, 0.2) is 0 Å². The summed E-state index contributed by atoms with van der Waals surface area (Å²) in [6, 6.07) is 4.09. The van der Waals surface area contributed by atoms with Gasteiger partial charge in [-0.2, -0.15) is 10.2 Å². The molecule has 2 aromatic heterocycles. The van der Waals surface area contributed by atoms with E-state index in [0.717, 1.165) is 53.5 Å². The zero-order chi connectivity index (χ0) is 20.2. The third-order valence-corrected chi connectivity index (χ3v) is 6.61. The zero-order valence-electron chi connectivity index (χ0n) is 16.6. The Bertz CT molecular complexity index is 1040. The number of benzene rings is 1. The molecule has 29 heavy (non-hydrogen) atoms. The van der Waals surface area contributed by atoms with E-state index in [0.29, 0.717) is 13.2 Å². The molecule has 2 aliphatic heterocycles. The van der Waals surface area contributed by atoms with Crippen LogP contribution in [0.2, 0.25) is 5.02 Å². The van der Waals surface area contributed by atoms with Gasteiger partial charge >= 0.3 is 0 Å². The quantitative estimate of drug-likeness (QED) is 0.700. The number of anilines is 1. The molecule has 0 spiro atoms. The van der Waals surface area contributed by atoms with Gasteiger partial charge < -0.3 is 14.7 Å². The number of hydrogen-bond acceptors (Lipinski definition) is 6. The predicted octanol–water partition coefficient (Wildman–Crippen LogP) is 1.68. The van der Waals surface area contributed by atoms with Crippen LogP contribution in [0.4, 0.5) is 5.69 Å². The minimum atomic E-state index is -0.442. The van der Waals surface area contributed by atoms with Crippen molar-refractivity contribution in [2.24, 2.45) is 7.05 Å². The molecule has 3 aromatic rings. The van der Waals surface area contributed by atoms with E-state index in [1.807, 2.05) is 30.2 Å². The van der Waals surface area contributed by atoms with Crippen LogP contribution < -0.4 is 4.90 Å². The van der Waals surface area contributed by atoms with Crippen LogP contribution in [0.5, 0.6) is 0 Å². The number of nitrogens with zero attached hydrogens (tertiary/aromatic N) is 6. The lowest BCUT2D eigenvalue weighted by Crippen LogP contribution is -2.60.